The highest BCUT2D eigenvalue weighted by Crippen LogP contribution is 2.29. The predicted octanol–water partition coefficient (Wildman–Crippen LogP) is 4.14. The van der Waals surface area contributed by atoms with Gasteiger partial charge in [-0.25, -0.2) is 4.98 Å². The van der Waals surface area contributed by atoms with Gasteiger partial charge in [-0.15, -0.1) is 0 Å². The van der Waals surface area contributed by atoms with Crippen molar-refractivity contribution in [2.24, 2.45) is 0 Å². The number of rotatable bonds is 2. The molecule has 88 valence electrons. The first-order chi connectivity index (χ1) is 8.08. The topological polar surface area (TPSA) is 35.0 Å². The molecule has 0 saturated carbocycles. The number of hydrogen-bond acceptors (Lipinski definition) is 3. The van der Waals surface area contributed by atoms with Gasteiger partial charge in [0.05, 0.1) is 3.57 Å². The summed E-state index contributed by atoms with van der Waals surface area (Å²) in [4.78, 5) is 8.32. The van der Waals surface area contributed by atoms with Crippen molar-refractivity contribution in [2.75, 3.05) is 0 Å². The zero-order chi connectivity index (χ0) is 12.4. The van der Waals surface area contributed by atoms with E-state index in [4.69, 9.17) is 16.3 Å². The van der Waals surface area contributed by atoms with Crippen molar-refractivity contribution < 1.29 is 4.74 Å². The lowest BCUT2D eigenvalue weighted by molar-refractivity contribution is 0.452. The number of nitrogens with zero attached hydrogens (tertiary/aromatic N) is 2. The van der Waals surface area contributed by atoms with Crippen LogP contribution in [0.3, 0.4) is 0 Å². The number of aryl methyl sites for hydroxylation is 1. The van der Waals surface area contributed by atoms with Crippen LogP contribution in [-0.4, -0.2) is 9.97 Å². The molecule has 0 atom stereocenters. The molecule has 1 aromatic heterocycles. The van der Waals surface area contributed by atoms with Crippen molar-refractivity contribution in [1.82, 2.24) is 9.97 Å². The molecule has 0 aliphatic carbocycles. The second-order valence-corrected chi connectivity index (χ2v) is 5.04. The fourth-order valence-corrected chi connectivity index (χ4v) is 2.00. The third-order valence-corrected chi connectivity index (χ3v) is 3.46. The quantitative estimate of drug-likeness (QED) is 0.596. The average Bonchev–Trinajstić information content (AvgIpc) is 2.28. The van der Waals surface area contributed by atoms with Gasteiger partial charge in [0, 0.05) is 5.56 Å². The van der Waals surface area contributed by atoms with Crippen LogP contribution in [0.25, 0.3) is 0 Å². The van der Waals surface area contributed by atoms with Crippen molar-refractivity contribution in [3.8, 4) is 11.6 Å². The molecule has 0 bridgehead atoms. The number of para-hydroxylation sites is 1. The minimum Gasteiger partial charge on any atom is -0.437 e. The molecule has 17 heavy (non-hydrogen) atoms. The van der Waals surface area contributed by atoms with Crippen molar-refractivity contribution in [1.29, 1.82) is 0 Å². The van der Waals surface area contributed by atoms with E-state index in [2.05, 4.69) is 32.6 Å². The first-order valence-corrected chi connectivity index (χ1v) is 6.46. The van der Waals surface area contributed by atoms with Crippen molar-refractivity contribution >= 4 is 34.2 Å². The molecule has 0 aliphatic rings. The molecule has 0 N–H and O–H groups in total. The first kappa shape index (κ1) is 12.6. The van der Waals surface area contributed by atoms with Crippen LogP contribution >= 0.6 is 34.2 Å². The summed E-state index contributed by atoms with van der Waals surface area (Å²) in [5.41, 5.74) is 0.747. The number of halogens is 2. The molecular weight excluding hydrogens is 351 g/mol. The summed E-state index contributed by atoms with van der Waals surface area (Å²) in [5, 5.41) is 0.429. The largest absolute Gasteiger partial charge is 0.437 e. The van der Waals surface area contributed by atoms with Crippen LogP contribution in [0.2, 0.25) is 5.15 Å². The molecule has 0 spiro atoms. The van der Waals surface area contributed by atoms with Gasteiger partial charge < -0.3 is 4.74 Å². The van der Waals surface area contributed by atoms with E-state index in [0.29, 0.717) is 16.9 Å². The number of benzene rings is 1. The van der Waals surface area contributed by atoms with Crippen LogP contribution in [0.5, 0.6) is 11.6 Å². The van der Waals surface area contributed by atoms with Gasteiger partial charge in [-0.05, 0) is 48.6 Å². The van der Waals surface area contributed by atoms with E-state index in [1.54, 1.807) is 6.92 Å². The van der Waals surface area contributed by atoms with Crippen LogP contribution < -0.4 is 4.74 Å². The Balaban J connectivity index is 2.40. The minimum absolute atomic E-state index is 0.429. The second-order valence-electron chi connectivity index (χ2n) is 3.52. The van der Waals surface area contributed by atoms with Gasteiger partial charge in [0.25, 0.3) is 0 Å². The van der Waals surface area contributed by atoms with Gasteiger partial charge in [-0.3, -0.25) is 0 Å². The smallest absolute Gasteiger partial charge is 0.227 e. The Morgan fingerprint density at radius 1 is 1.18 bits per heavy atom. The summed E-state index contributed by atoms with van der Waals surface area (Å²) in [6.07, 6.45) is 0. The van der Waals surface area contributed by atoms with Gasteiger partial charge in [0.15, 0.2) is 0 Å². The van der Waals surface area contributed by atoms with Crippen LogP contribution in [0.4, 0.5) is 0 Å². The SMILES string of the molecule is Cc1nc(Cl)c(C)c(Oc2ccccc2I)n1. The van der Waals surface area contributed by atoms with E-state index in [1.807, 2.05) is 31.2 Å². The molecule has 0 radical (unpaired) electrons. The van der Waals surface area contributed by atoms with Gasteiger partial charge in [-0.2, -0.15) is 4.98 Å². The van der Waals surface area contributed by atoms with Crippen molar-refractivity contribution in [2.45, 2.75) is 13.8 Å². The lowest BCUT2D eigenvalue weighted by Gasteiger charge is -2.10. The number of ether oxygens (including phenoxy) is 1. The molecule has 2 rings (SSSR count). The molecule has 0 saturated heterocycles. The van der Waals surface area contributed by atoms with Crippen LogP contribution in [-0.2, 0) is 0 Å². The summed E-state index contributed by atoms with van der Waals surface area (Å²) in [6, 6.07) is 7.75. The third kappa shape index (κ3) is 2.87. The predicted molar refractivity (Wildman–Crippen MR) is 75.7 cm³/mol. The molecule has 0 fully saturated rings. The van der Waals surface area contributed by atoms with Gasteiger partial charge in [0.1, 0.15) is 16.7 Å². The second kappa shape index (κ2) is 5.18. The Bertz CT molecular complexity index is 560. The lowest BCUT2D eigenvalue weighted by Crippen LogP contribution is -1.98. The zero-order valence-corrected chi connectivity index (χ0v) is 12.3. The lowest BCUT2D eigenvalue weighted by atomic mass is 10.3. The molecule has 1 heterocycles. The minimum atomic E-state index is 0.429. The summed E-state index contributed by atoms with van der Waals surface area (Å²) in [6.45, 7) is 3.63. The molecule has 3 nitrogen and oxygen atoms in total. The summed E-state index contributed by atoms with van der Waals surface area (Å²) >= 11 is 8.21. The monoisotopic (exact) mass is 360 g/mol. The fourth-order valence-electron chi connectivity index (χ4n) is 1.30. The molecule has 0 aliphatic heterocycles. The normalized spacial score (nSPS) is 10.4. The van der Waals surface area contributed by atoms with Crippen molar-refractivity contribution in [3.63, 3.8) is 0 Å². The highest BCUT2D eigenvalue weighted by Gasteiger charge is 2.10. The maximum Gasteiger partial charge on any atom is 0.227 e. The van der Waals surface area contributed by atoms with E-state index in [-0.39, 0.29) is 0 Å². The van der Waals surface area contributed by atoms with Gasteiger partial charge in [0.2, 0.25) is 5.88 Å². The highest BCUT2D eigenvalue weighted by molar-refractivity contribution is 14.1. The molecule has 0 amide bonds. The zero-order valence-electron chi connectivity index (χ0n) is 9.37. The van der Waals surface area contributed by atoms with Crippen LogP contribution in [0, 0.1) is 17.4 Å². The highest BCUT2D eigenvalue weighted by atomic mass is 127. The third-order valence-electron chi connectivity index (χ3n) is 2.20. The Morgan fingerprint density at radius 2 is 1.88 bits per heavy atom. The Morgan fingerprint density at radius 3 is 2.59 bits per heavy atom. The molecule has 5 heteroatoms. The molecular formula is C12H10ClIN2O. The first-order valence-electron chi connectivity index (χ1n) is 5.01. The fraction of sp³-hybridized carbons (Fsp3) is 0.167. The summed E-state index contributed by atoms with van der Waals surface area (Å²) in [7, 11) is 0. The average molecular weight is 361 g/mol. The van der Waals surface area contributed by atoms with Gasteiger partial charge in [-0.1, -0.05) is 23.7 Å². The van der Waals surface area contributed by atoms with E-state index in [9.17, 15) is 0 Å². The molecule has 2 aromatic rings. The Labute approximate surface area is 118 Å². The number of aromatic nitrogens is 2. The summed E-state index contributed by atoms with van der Waals surface area (Å²) in [5.74, 6) is 1.87. The number of hydrogen-bond donors (Lipinski definition) is 0. The molecule has 1 aromatic carbocycles. The Hall–Kier alpha value is -0.880. The maximum atomic E-state index is 5.99. The summed E-state index contributed by atoms with van der Waals surface area (Å²) < 4.78 is 6.78. The van der Waals surface area contributed by atoms with Crippen molar-refractivity contribution in [3.05, 3.63) is 44.4 Å². The molecule has 0 unspecified atom stereocenters. The Kier molecular flexibility index (Phi) is 3.83. The van der Waals surface area contributed by atoms with E-state index >= 15 is 0 Å². The van der Waals surface area contributed by atoms with E-state index < -0.39 is 0 Å². The van der Waals surface area contributed by atoms with E-state index in [1.165, 1.54) is 0 Å². The van der Waals surface area contributed by atoms with Gasteiger partial charge >= 0.3 is 0 Å². The maximum absolute atomic E-state index is 5.99. The van der Waals surface area contributed by atoms with Crippen LogP contribution in [0.15, 0.2) is 24.3 Å². The van der Waals surface area contributed by atoms with Crippen LogP contribution in [0.1, 0.15) is 11.4 Å². The standard InChI is InChI=1S/C12H10ClIN2O/c1-7-11(13)15-8(2)16-12(7)17-10-6-4-3-5-9(10)14/h3-6H,1-2H3. The van der Waals surface area contributed by atoms with E-state index in [0.717, 1.165) is 14.9 Å².